The van der Waals surface area contributed by atoms with Crippen LogP contribution >= 0.6 is 0 Å². The molecule has 1 heterocycles. The minimum Gasteiger partial charge on any atom is -0.465 e. The number of rotatable bonds is 7. The third-order valence-electron chi connectivity index (χ3n) is 4.68. The number of benzene rings is 2. The number of nitrogens with zero attached hydrogens (tertiary/aromatic N) is 1. The van der Waals surface area contributed by atoms with Crippen LogP contribution in [0.4, 0.5) is 4.79 Å². The number of carbonyl (C=O) groups excluding carboxylic acids is 1. The van der Waals surface area contributed by atoms with Gasteiger partial charge in [-0.3, -0.25) is 4.90 Å². The SMILES string of the molecule is O=C(OC[C@@H]1CC[C@@H](COCc2ccccc2)N1C(=O)O)c1ccccc1. The van der Waals surface area contributed by atoms with E-state index in [4.69, 9.17) is 9.47 Å². The molecule has 1 fully saturated rings. The first-order chi connectivity index (χ1) is 13.1. The van der Waals surface area contributed by atoms with Gasteiger partial charge in [-0.15, -0.1) is 0 Å². The van der Waals surface area contributed by atoms with Crippen LogP contribution in [0.15, 0.2) is 60.7 Å². The second kappa shape index (κ2) is 9.19. The van der Waals surface area contributed by atoms with Gasteiger partial charge in [-0.2, -0.15) is 0 Å². The van der Waals surface area contributed by atoms with Gasteiger partial charge < -0.3 is 14.6 Å². The molecule has 0 radical (unpaired) electrons. The highest BCUT2D eigenvalue weighted by Gasteiger charge is 2.37. The van der Waals surface area contributed by atoms with Gasteiger partial charge >= 0.3 is 12.1 Å². The Balaban J connectivity index is 1.51. The Morgan fingerprint density at radius 2 is 1.52 bits per heavy atom. The fourth-order valence-corrected chi connectivity index (χ4v) is 3.32. The lowest BCUT2D eigenvalue weighted by Crippen LogP contribution is -2.44. The molecule has 6 heteroatoms. The number of ether oxygens (including phenoxy) is 2. The summed E-state index contributed by atoms with van der Waals surface area (Å²) in [7, 11) is 0. The number of carboxylic acid groups (broad SMARTS) is 1. The van der Waals surface area contributed by atoms with Crippen LogP contribution in [0.3, 0.4) is 0 Å². The first-order valence-corrected chi connectivity index (χ1v) is 9.00. The molecule has 1 aliphatic heterocycles. The van der Waals surface area contributed by atoms with Crippen molar-refractivity contribution in [3.05, 3.63) is 71.8 Å². The maximum absolute atomic E-state index is 12.1. The third-order valence-corrected chi connectivity index (χ3v) is 4.68. The van der Waals surface area contributed by atoms with Crippen molar-refractivity contribution < 1.29 is 24.2 Å². The Kier molecular flexibility index (Phi) is 6.44. The van der Waals surface area contributed by atoms with E-state index in [1.165, 1.54) is 4.90 Å². The Morgan fingerprint density at radius 1 is 0.926 bits per heavy atom. The summed E-state index contributed by atoms with van der Waals surface area (Å²) in [6.45, 7) is 0.817. The molecule has 1 saturated heterocycles. The van der Waals surface area contributed by atoms with Crippen LogP contribution in [-0.2, 0) is 16.1 Å². The highest BCUT2D eigenvalue weighted by Crippen LogP contribution is 2.25. The molecule has 142 valence electrons. The van der Waals surface area contributed by atoms with E-state index in [1.54, 1.807) is 24.3 Å². The Bertz CT molecular complexity index is 750. The van der Waals surface area contributed by atoms with Crippen LogP contribution in [0.25, 0.3) is 0 Å². The number of esters is 1. The van der Waals surface area contributed by atoms with Gasteiger partial charge in [0.25, 0.3) is 0 Å². The lowest BCUT2D eigenvalue weighted by atomic mass is 10.2. The predicted molar refractivity (Wildman–Crippen MR) is 99.5 cm³/mol. The fourth-order valence-electron chi connectivity index (χ4n) is 3.32. The van der Waals surface area contributed by atoms with Gasteiger partial charge in [0.1, 0.15) is 6.61 Å². The maximum atomic E-state index is 12.1. The van der Waals surface area contributed by atoms with Crippen molar-refractivity contribution in [1.82, 2.24) is 4.90 Å². The van der Waals surface area contributed by atoms with E-state index in [0.29, 0.717) is 31.6 Å². The molecular formula is C21H23NO5. The zero-order valence-electron chi connectivity index (χ0n) is 15.0. The van der Waals surface area contributed by atoms with E-state index in [-0.39, 0.29) is 18.7 Å². The zero-order valence-corrected chi connectivity index (χ0v) is 15.0. The highest BCUT2D eigenvalue weighted by atomic mass is 16.5. The zero-order chi connectivity index (χ0) is 19.1. The first kappa shape index (κ1) is 18.9. The molecule has 3 rings (SSSR count). The minimum atomic E-state index is -1.01. The van der Waals surface area contributed by atoms with Crippen molar-refractivity contribution in [3.8, 4) is 0 Å². The van der Waals surface area contributed by atoms with E-state index < -0.39 is 12.1 Å². The van der Waals surface area contributed by atoms with Crippen LogP contribution in [0.2, 0.25) is 0 Å². The Hall–Kier alpha value is -2.86. The Morgan fingerprint density at radius 3 is 2.15 bits per heavy atom. The van der Waals surface area contributed by atoms with Gasteiger partial charge in [0.05, 0.1) is 30.9 Å². The van der Waals surface area contributed by atoms with Crippen LogP contribution in [-0.4, -0.2) is 47.4 Å². The monoisotopic (exact) mass is 369 g/mol. The summed E-state index contributed by atoms with van der Waals surface area (Å²) >= 11 is 0. The van der Waals surface area contributed by atoms with Gasteiger partial charge in [-0.05, 0) is 30.5 Å². The van der Waals surface area contributed by atoms with Crippen LogP contribution in [0.5, 0.6) is 0 Å². The second-order valence-electron chi connectivity index (χ2n) is 6.54. The van der Waals surface area contributed by atoms with E-state index in [0.717, 1.165) is 5.56 Å². The molecule has 2 atom stereocenters. The largest absolute Gasteiger partial charge is 0.465 e. The molecule has 0 spiro atoms. The van der Waals surface area contributed by atoms with Crippen molar-refractivity contribution in [1.29, 1.82) is 0 Å². The molecule has 1 aliphatic rings. The normalized spacial score (nSPS) is 19.0. The summed E-state index contributed by atoms with van der Waals surface area (Å²) in [6, 6.07) is 17.9. The molecule has 0 aromatic heterocycles. The van der Waals surface area contributed by atoms with Crippen molar-refractivity contribution in [2.75, 3.05) is 13.2 Å². The van der Waals surface area contributed by atoms with Crippen LogP contribution < -0.4 is 0 Å². The molecule has 2 aromatic carbocycles. The summed E-state index contributed by atoms with van der Waals surface area (Å²) in [4.78, 5) is 25.1. The third kappa shape index (κ3) is 5.08. The molecule has 0 unspecified atom stereocenters. The molecule has 0 saturated carbocycles. The van der Waals surface area contributed by atoms with Crippen molar-refractivity contribution >= 4 is 12.1 Å². The van der Waals surface area contributed by atoms with Crippen molar-refractivity contribution in [2.24, 2.45) is 0 Å². The van der Waals surface area contributed by atoms with Gasteiger partial charge in [0, 0.05) is 0 Å². The summed E-state index contributed by atoms with van der Waals surface area (Å²) in [5.74, 6) is -0.440. The average molecular weight is 369 g/mol. The fraction of sp³-hybridized carbons (Fsp3) is 0.333. The van der Waals surface area contributed by atoms with E-state index in [1.807, 2.05) is 36.4 Å². The molecule has 27 heavy (non-hydrogen) atoms. The number of hydrogen-bond acceptors (Lipinski definition) is 4. The summed E-state index contributed by atoms with van der Waals surface area (Å²) in [5, 5.41) is 9.58. The minimum absolute atomic E-state index is 0.0508. The van der Waals surface area contributed by atoms with E-state index in [2.05, 4.69) is 0 Å². The van der Waals surface area contributed by atoms with Gasteiger partial charge in [0.15, 0.2) is 0 Å². The smallest absolute Gasteiger partial charge is 0.407 e. The second-order valence-corrected chi connectivity index (χ2v) is 6.54. The molecule has 0 aliphatic carbocycles. The van der Waals surface area contributed by atoms with E-state index in [9.17, 15) is 14.7 Å². The summed E-state index contributed by atoms with van der Waals surface area (Å²) < 4.78 is 11.0. The highest BCUT2D eigenvalue weighted by molar-refractivity contribution is 5.89. The van der Waals surface area contributed by atoms with Gasteiger partial charge in [-0.25, -0.2) is 9.59 Å². The molecule has 1 amide bonds. The van der Waals surface area contributed by atoms with E-state index >= 15 is 0 Å². The quantitative estimate of drug-likeness (QED) is 0.755. The van der Waals surface area contributed by atoms with Gasteiger partial charge in [0.2, 0.25) is 0 Å². The van der Waals surface area contributed by atoms with Crippen LogP contribution in [0.1, 0.15) is 28.8 Å². The lowest BCUT2D eigenvalue weighted by molar-refractivity contribution is 0.0261. The molecule has 2 aromatic rings. The average Bonchev–Trinajstić information content (AvgIpc) is 3.11. The lowest BCUT2D eigenvalue weighted by Gasteiger charge is -2.27. The van der Waals surface area contributed by atoms with Crippen molar-refractivity contribution in [2.45, 2.75) is 31.5 Å². The van der Waals surface area contributed by atoms with Gasteiger partial charge in [-0.1, -0.05) is 48.5 Å². The predicted octanol–water partition coefficient (Wildman–Crippen LogP) is 3.57. The first-order valence-electron chi connectivity index (χ1n) is 9.00. The molecule has 1 N–H and O–H groups in total. The number of likely N-dealkylation sites (tertiary alicyclic amines) is 1. The summed E-state index contributed by atoms with van der Waals surface area (Å²) in [6.07, 6.45) is 0.323. The molecule has 6 nitrogen and oxygen atoms in total. The van der Waals surface area contributed by atoms with Crippen molar-refractivity contribution in [3.63, 3.8) is 0 Å². The Labute approximate surface area is 158 Å². The molecule has 0 bridgehead atoms. The number of amides is 1. The standard InChI is InChI=1S/C21H23NO5/c23-20(17-9-5-2-6-10-17)27-15-19-12-11-18(22(19)21(24)25)14-26-13-16-7-3-1-4-8-16/h1-10,18-19H,11-15H2,(H,24,25)/t18-,19-/m0/s1. The number of hydrogen-bond donors (Lipinski definition) is 1. The topological polar surface area (TPSA) is 76.1 Å². The maximum Gasteiger partial charge on any atom is 0.407 e. The summed E-state index contributed by atoms with van der Waals surface area (Å²) in [5.41, 5.74) is 1.51. The van der Waals surface area contributed by atoms with Crippen LogP contribution in [0, 0.1) is 0 Å². The molecular weight excluding hydrogens is 346 g/mol. The number of carbonyl (C=O) groups is 2.